The predicted octanol–water partition coefficient (Wildman–Crippen LogP) is 1.69. The summed E-state index contributed by atoms with van der Waals surface area (Å²) in [5.41, 5.74) is 23.0. The van der Waals surface area contributed by atoms with Gasteiger partial charge in [-0.1, -0.05) is 0 Å². The molecule has 0 spiro atoms. The molecule has 124 valence electrons. The molecule has 8 N–H and O–H groups in total. The molecule has 0 aromatic heterocycles. The molecule has 0 aliphatic rings. The van der Waals surface area contributed by atoms with Crippen molar-refractivity contribution in [3.63, 3.8) is 0 Å². The summed E-state index contributed by atoms with van der Waals surface area (Å²) in [7, 11) is -3.06. The van der Waals surface area contributed by atoms with Gasteiger partial charge >= 0.3 is 20.2 Å². The van der Waals surface area contributed by atoms with Gasteiger partial charge in [0.25, 0.3) is 0 Å². The molecule has 10 heteroatoms. The van der Waals surface area contributed by atoms with Gasteiger partial charge in [0.2, 0.25) is 0 Å². The molecule has 24 heavy (non-hydrogen) atoms. The summed E-state index contributed by atoms with van der Waals surface area (Å²) in [6.45, 7) is 0. The maximum Gasteiger partial charge on any atom is 0.812 e. The fraction of sp³-hybridized carbons (Fsp3) is 0. The van der Waals surface area contributed by atoms with E-state index in [4.69, 9.17) is 22.9 Å². The Morgan fingerprint density at radius 1 is 0.667 bits per heavy atom. The third kappa shape index (κ3) is 4.34. The van der Waals surface area contributed by atoms with Crippen LogP contribution in [0, 0.1) is 0 Å². The van der Waals surface area contributed by atoms with E-state index >= 15 is 0 Å². The molecule has 2 aromatic carbocycles. The highest BCUT2D eigenvalue weighted by molar-refractivity contribution is 7.34. The summed E-state index contributed by atoms with van der Waals surface area (Å²) in [5, 5.41) is 0. The second kappa shape index (κ2) is 6.84. The van der Waals surface area contributed by atoms with Crippen molar-refractivity contribution in [3.8, 4) is 0 Å². The number of benzene rings is 2. The first-order valence-electron chi connectivity index (χ1n) is 6.48. The average molecular weight is 349 g/mol. The normalized spacial score (nSPS) is 10.0. The van der Waals surface area contributed by atoms with Crippen molar-refractivity contribution < 1.29 is 23.2 Å². The Morgan fingerprint density at radius 2 is 0.958 bits per heavy atom. The van der Waals surface area contributed by atoms with Crippen LogP contribution in [-0.4, -0.2) is 11.9 Å². The minimum Gasteiger partial charge on any atom is -0.399 e. The number of rotatable bonds is 4. The van der Waals surface area contributed by atoms with Crippen molar-refractivity contribution in [2.45, 2.75) is 0 Å². The van der Waals surface area contributed by atoms with Crippen LogP contribution >= 0.6 is 8.25 Å². The molecule has 2 rings (SSSR count). The molecule has 2 aromatic rings. The van der Waals surface area contributed by atoms with E-state index < -0.39 is 20.2 Å². The van der Waals surface area contributed by atoms with E-state index in [2.05, 4.69) is 9.05 Å². The van der Waals surface area contributed by atoms with Crippen LogP contribution in [-0.2, 0) is 13.6 Å². The largest absolute Gasteiger partial charge is 0.812 e. The maximum atomic E-state index is 11.8. The van der Waals surface area contributed by atoms with Crippen molar-refractivity contribution in [1.82, 2.24) is 0 Å². The Kier molecular flexibility index (Phi) is 4.86. The van der Waals surface area contributed by atoms with Crippen LogP contribution in [0.2, 0.25) is 0 Å². The molecule has 0 aliphatic heterocycles. The highest BCUT2D eigenvalue weighted by Crippen LogP contribution is 2.29. The smallest absolute Gasteiger partial charge is 0.399 e. The van der Waals surface area contributed by atoms with Crippen LogP contribution < -0.4 is 22.9 Å². The van der Waals surface area contributed by atoms with Crippen LogP contribution in [0.3, 0.4) is 0 Å². The summed E-state index contributed by atoms with van der Waals surface area (Å²) in [4.78, 5) is 23.7. The zero-order chi connectivity index (χ0) is 17.9. The molecular weight excluding hydrogens is 335 g/mol. The Morgan fingerprint density at radius 3 is 1.25 bits per heavy atom. The number of nitrogens with two attached hydrogens (primary N) is 4. The SMILES string of the molecule is Nc1cc(N)cc(C(=O)O[P+](=O)OC(=O)c2cc(N)cc(N)c2)c1. The summed E-state index contributed by atoms with van der Waals surface area (Å²) >= 11 is 0. The monoisotopic (exact) mass is 349 g/mol. The number of carbonyl (C=O) groups excluding carboxylic acids is 2. The minimum atomic E-state index is -3.06. The Hall–Kier alpha value is -3.32. The van der Waals surface area contributed by atoms with E-state index in [0.717, 1.165) is 0 Å². The standard InChI is InChI=1S/C14H14N4O5P/c15-9-1-7(2-10(16)5-9)13(19)22-24(21)23-14(20)8-3-11(17)6-12(18)4-8/h1-6H,15-18H2/q+1. The van der Waals surface area contributed by atoms with Gasteiger partial charge in [-0.05, 0) is 36.4 Å². The lowest BCUT2D eigenvalue weighted by molar-refractivity contribution is 0.0653. The van der Waals surface area contributed by atoms with Crippen molar-refractivity contribution in [1.29, 1.82) is 0 Å². The highest BCUT2D eigenvalue weighted by atomic mass is 31.1. The lowest BCUT2D eigenvalue weighted by atomic mass is 10.2. The molecule has 9 nitrogen and oxygen atoms in total. The van der Waals surface area contributed by atoms with Gasteiger partial charge in [0.1, 0.15) is 0 Å². The predicted molar refractivity (Wildman–Crippen MR) is 89.0 cm³/mol. The summed E-state index contributed by atoms with van der Waals surface area (Å²) in [5.74, 6) is -2.01. The maximum absolute atomic E-state index is 11.8. The number of hydrogen-bond acceptors (Lipinski definition) is 9. The van der Waals surface area contributed by atoms with E-state index in [1.807, 2.05) is 0 Å². The van der Waals surface area contributed by atoms with Crippen LogP contribution in [0.15, 0.2) is 36.4 Å². The fourth-order valence-corrected chi connectivity index (χ4v) is 2.37. The van der Waals surface area contributed by atoms with E-state index in [-0.39, 0.29) is 33.9 Å². The number of hydrogen-bond donors (Lipinski definition) is 4. The van der Waals surface area contributed by atoms with Gasteiger partial charge in [-0.25, -0.2) is 9.59 Å². The highest BCUT2D eigenvalue weighted by Gasteiger charge is 2.33. The van der Waals surface area contributed by atoms with Gasteiger partial charge in [0.05, 0.1) is 11.1 Å². The van der Waals surface area contributed by atoms with E-state index in [1.54, 1.807) is 0 Å². The lowest BCUT2D eigenvalue weighted by Crippen LogP contribution is -2.06. The van der Waals surface area contributed by atoms with Gasteiger partial charge in [0.15, 0.2) is 0 Å². The molecule has 0 heterocycles. The third-order valence-electron chi connectivity index (χ3n) is 2.74. The van der Waals surface area contributed by atoms with Gasteiger partial charge in [-0.2, -0.15) is 9.05 Å². The first-order valence-corrected chi connectivity index (χ1v) is 7.58. The van der Waals surface area contributed by atoms with Crippen molar-refractivity contribution in [3.05, 3.63) is 47.5 Å². The first kappa shape index (κ1) is 17.0. The fourth-order valence-electron chi connectivity index (χ4n) is 1.85. The lowest BCUT2D eigenvalue weighted by Gasteiger charge is -2.01. The molecule has 0 fully saturated rings. The van der Waals surface area contributed by atoms with E-state index in [9.17, 15) is 14.2 Å². The second-order valence-electron chi connectivity index (χ2n) is 4.76. The van der Waals surface area contributed by atoms with Gasteiger partial charge in [-0.15, -0.1) is 0 Å². The van der Waals surface area contributed by atoms with E-state index in [0.29, 0.717) is 0 Å². The average Bonchev–Trinajstić information content (AvgIpc) is 2.44. The molecule has 0 bridgehead atoms. The van der Waals surface area contributed by atoms with Gasteiger partial charge < -0.3 is 22.9 Å². The second-order valence-corrected chi connectivity index (χ2v) is 5.57. The van der Waals surface area contributed by atoms with E-state index in [1.165, 1.54) is 36.4 Å². The topological polar surface area (TPSA) is 174 Å². The van der Waals surface area contributed by atoms with Crippen LogP contribution in [0.4, 0.5) is 22.7 Å². The Labute approximate surface area is 137 Å². The van der Waals surface area contributed by atoms with Crippen molar-refractivity contribution in [2.24, 2.45) is 0 Å². The van der Waals surface area contributed by atoms with Crippen molar-refractivity contribution >= 4 is 42.9 Å². The molecule has 0 aliphatic carbocycles. The molecule has 0 saturated carbocycles. The summed E-state index contributed by atoms with van der Waals surface area (Å²) in [6.07, 6.45) is 0. The van der Waals surface area contributed by atoms with Gasteiger partial charge in [0, 0.05) is 27.3 Å². The molecular formula is C14H14N4O5P+. The Bertz CT molecular complexity index is 732. The van der Waals surface area contributed by atoms with Gasteiger partial charge in [-0.3, -0.25) is 0 Å². The van der Waals surface area contributed by atoms with Crippen LogP contribution in [0.5, 0.6) is 0 Å². The van der Waals surface area contributed by atoms with Crippen LogP contribution in [0.25, 0.3) is 0 Å². The molecule has 0 unspecified atom stereocenters. The quantitative estimate of drug-likeness (QED) is 0.473. The summed E-state index contributed by atoms with van der Waals surface area (Å²) in [6, 6.07) is 7.98. The zero-order valence-electron chi connectivity index (χ0n) is 12.3. The number of anilines is 4. The number of carbonyl (C=O) groups is 2. The van der Waals surface area contributed by atoms with Crippen molar-refractivity contribution in [2.75, 3.05) is 22.9 Å². The minimum absolute atomic E-state index is 0.0277. The zero-order valence-corrected chi connectivity index (χ0v) is 13.2. The summed E-state index contributed by atoms with van der Waals surface area (Å²) < 4.78 is 20.8. The Balaban J connectivity index is 2.04. The molecule has 0 saturated heterocycles. The molecule has 0 amide bonds. The third-order valence-corrected chi connectivity index (χ3v) is 3.37. The molecule has 0 radical (unpaired) electrons. The molecule has 0 atom stereocenters. The number of nitrogen functional groups attached to an aromatic ring is 4. The first-order chi connectivity index (χ1) is 11.2. The van der Waals surface area contributed by atoms with Crippen LogP contribution in [0.1, 0.15) is 20.7 Å².